The number of carbonyl (C=O) groups is 1. The standard InChI is InChI=1S/C8H8N4O2/c13-8(7-1-2-14-12-7)9-3-6-4-10-11-5-6/h1-2,4-5H,3H2,(H,9,13)(H,10,11). The third-order valence-electron chi connectivity index (χ3n) is 1.68. The Labute approximate surface area is 79.3 Å². The fourth-order valence-electron chi connectivity index (χ4n) is 0.977. The number of rotatable bonds is 3. The molecular formula is C8H8N4O2. The van der Waals surface area contributed by atoms with Crippen LogP contribution >= 0.6 is 0 Å². The molecule has 0 spiro atoms. The molecule has 0 atom stereocenters. The number of nitrogens with one attached hydrogen (secondary N) is 2. The molecule has 2 heterocycles. The van der Waals surface area contributed by atoms with E-state index in [9.17, 15) is 4.79 Å². The van der Waals surface area contributed by atoms with Crippen LogP contribution in [0.3, 0.4) is 0 Å². The number of hydrogen-bond donors (Lipinski definition) is 2. The normalized spacial score (nSPS) is 10.0. The smallest absolute Gasteiger partial charge is 0.273 e. The van der Waals surface area contributed by atoms with Crippen LogP contribution in [0.5, 0.6) is 0 Å². The Morgan fingerprint density at radius 2 is 2.57 bits per heavy atom. The molecule has 2 N–H and O–H groups in total. The van der Waals surface area contributed by atoms with Gasteiger partial charge >= 0.3 is 0 Å². The molecule has 14 heavy (non-hydrogen) atoms. The maximum atomic E-state index is 11.3. The van der Waals surface area contributed by atoms with Gasteiger partial charge in [0, 0.05) is 24.4 Å². The molecule has 2 rings (SSSR count). The molecule has 72 valence electrons. The molecule has 0 saturated carbocycles. The first-order chi connectivity index (χ1) is 6.86. The molecule has 1 amide bonds. The number of carbonyl (C=O) groups excluding carboxylic acids is 1. The zero-order valence-corrected chi connectivity index (χ0v) is 7.23. The number of aromatic amines is 1. The van der Waals surface area contributed by atoms with Gasteiger partial charge in [-0.15, -0.1) is 0 Å². The predicted molar refractivity (Wildman–Crippen MR) is 46.3 cm³/mol. The monoisotopic (exact) mass is 192 g/mol. The molecule has 6 nitrogen and oxygen atoms in total. The molecule has 6 heteroatoms. The number of aromatic nitrogens is 3. The summed E-state index contributed by atoms with van der Waals surface area (Å²) in [5, 5.41) is 12.6. The van der Waals surface area contributed by atoms with E-state index in [1.807, 2.05) is 0 Å². The van der Waals surface area contributed by atoms with Gasteiger partial charge in [-0.25, -0.2) is 0 Å². The lowest BCUT2D eigenvalue weighted by Crippen LogP contribution is -2.22. The first-order valence-corrected chi connectivity index (χ1v) is 4.02. The van der Waals surface area contributed by atoms with E-state index in [-0.39, 0.29) is 11.6 Å². The third kappa shape index (κ3) is 1.79. The average molecular weight is 192 g/mol. The Kier molecular flexibility index (Phi) is 2.26. The molecule has 0 aromatic carbocycles. The van der Waals surface area contributed by atoms with Crippen LogP contribution < -0.4 is 5.32 Å². The van der Waals surface area contributed by atoms with Crippen molar-refractivity contribution in [2.75, 3.05) is 0 Å². The van der Waals surface area contributed by atoms with Crippen molar-refractivity contribution in [2.45, 2.75) is 6.54 Å². The lowest BCUT2D eigenvalue weighted by atomic mass is 10.3. The van der Waals surface area contributed by atoms with Crippen molar-refractivity contribution < 1.29 is 9.32 Å². The molecule has 0 bridgehead atoms. The Balaban J connectivity index is 1.90. The van der Waals surface area contributed by atoms with E-state index >= 15 is 0 Å². The highest BCUT2D eigenvalue weighted by molar-refractivity contribution is 5.91. The summed E-state index contributed by atoms with van der Waals surface area (Å²) < 4.78 is 4.54. The van der Waals surface area contributed by atoms with Crippen molar-refractivity contribution in [1.29, 1.82) is 0 Å². The van der Waals surface area contributed by atoms with E-state index in [0.717, 1.165) is 5.56 Å². The van der Waals surface area contributed by atoms with Gasteiger partial charge in [0.15, 0.2) is 5.69 Å². The maximum absolute atomic E-state index is 11.3. The summed E-state index contributed by atoms with van der Waals surface area (Å²) in [5.74, 6) is -0.264. The van der Waals surface area contributed by atoms with E-state index in [4.69, 9.17) is 0 Å². The first-order valence-electron chi connectivity index (χ1n) is 4.02. The van der Waals surface area contributed by atoms with Gasteiger partial charge in [-0.2, -0.15) is 5.10 Å². The minimum absolute atomic E-state index is 0.264. The highest BCUT2D eigenvalue weighted by Crippen LogP contribution is 1.96. The molecule has 0 aliphatic rings. The summed E-state index contributed by atoms with van der Waals surface area (Å²) in [7, 11) is 0. The lowest BCUT2D eigenvalue weighted by Gasteiger charge is -1.98. The zero-order valence-electron chi connectivity index (χ0n) is 7.23. The van der Waals surface area contributed by atoms with Gasteiger partial charge < -0.3 is 9.84 Å². The number of amides is 1. The lowest BCUT2D eigenvalue weighted by molar-refractivity contribution is 0.0942. The van der Waals surface area contributed by atoms with Crippen molar-refractivity contribution in [3.8, 4) is 0 Å². The van der Waals surface area contributed by atoms with Gasteiger partial charge in [-0.05, 0) is 0 Å². The fourth-order valence-corrected chi connectivity index (χ4v) is 0.977. The molecule has 0 aliphatic carbocycles. The highest BCUT2D eigenvalue weighted by Gasteiger charge is 2.07. The summed E-state index contributed by atoms with van der Waals surface area (Å²) in [5.41, 5.74) is 1.18. The summed E-state index contributed by atoms with van der Waals surface area (Å²) in [6.07, 6.45) is 4.71. The van der Waals surface area contributed by atoms with E-state index in [1.165, 1.54) is 12.3 Å². The van der Waals surface area contributed by atoms with Gasteiger partial charge in [0.05, 0.1) is 6.20 Å². The first kappa shape index (κ1) is 8.49. The molecule has 0 unspecified atom stereocenters. The molecule has 0 radical (unpaired) electrons. The summed E-state index contributed by atoms with van der Waals surface area (Å²) in [6.45, 7) is 0.419. The molecular weight excluding hydrogens is 184 g/mol. The molecule has 0 fully saturated rings. The zero-order chi connectivity index (χ0) is 9.80. The SMILES string of the molecule is O=C(NCc1cn[nH]c1)c1ccon1. The summed E-state index contributed by atoms with van der Waals surface area (Å²) in [4.78, 5) is 11.3. The topological polar surface area (TPSA) is 83.8 Å². The maximum Gasteiger partial charge on any atom is 0.273 e. The second kappa shape index (κ2) is 3.73. The highest BCUT2D eigenvalue weighted by atomic mass is 16.5. The minimum Gasteiger partial charge on any atom is -0.364 e. The van der Waals surface area contributed by atoms with Crippen LogP contribution in [0.1, 0.15) is 16.1 Å². The van der Waals surface area contributed by atoms with Crippen LogP contribution in [0, 0.1) is 0 Å². The van der Waals surface area contributed by atoms with E-state index < -0.39 is 0 Å². The van der Waals surface area contributed by atoms with Crippen LogP contribution in [-0.4, -0.2) is 21.3 Å². The largest absolute Gasteiger partial charge is 0.364 e. The van der Waals surface area contributed by atoms with Crippen molar-refractivity contribution in [1.82, 2.24) is 20.7 Å². The Morgan fingerprint density at radius 3 is 3.21 bits per heavy atom. The molecule has 0 aliphatic heterocycles. The Bertz CT molecular complexity index is 393. The molecule has 2 aromatic heterocycles. The van der Waals surface area contributed by atoms with Crippen molar-refractivity contribution in [3.63, 3.8) is 0 Å². The van der Waals surface area contributed by atoms with Crippen LogP contribution in [0.25, 0.3) is 0 Å². The molecule has 2 aromatic rings. The predicted octanol–water partition coefficient (Wildman–Crippen LogP) is 0.328. The quantitative estimate of drug-likeness (QED) is 0.733. The van der Waals surface area contributed by atoms with Gasteiger partial charge in [0.1, 0.15) is 6.26 Å². The second-order valence-corrected chi connectivity index (χ2v) is 2.67. The number of H-pyrrole nitrogens is 1. The van der Waals surface area contributed by atoms with Crippen molar-refractivity contribution in [2.24, 2.45) is 0 Å². The summed E-state index contributed by atoms with van der Waals surface area (Å²) >= 11 is 0. The Morgan fingerprint density at radius 1 is 1.64 bits per heavy atom. The van der Waals surface area contributed by atoms with Crippen LogP contribution in [-0.2, 0) is 6.54 Å². The minimum atomic E-state index is -0.264. The van der Waals surface area contributed by atoms with Crippen LogP contribution in [0.15, 0.2) is 29.2 Å². The van der Waals surface area contributed by atoms with Crippen LogP contribution in [0.4, 0.5) is 0 Å². The summed E-state index contributed by atoms with van der Waals surface area (Å²) in [6, 6.07) is 1.50. The van der Waals surface area contributed by atoms with E-state index in [1.54, 1.807) is 12.4 Å². The van der Waals surface area contributed by atoms with Crippen LogP contribution in [0.2, 0.25) is 0 Å². The van der Waals surface area contributed by atoms with E-state index in [0.29, 0.717) is 6.54 Å². The number of hydrogen-bond acceptors (Lipinski definition) is 4. The number of nitrogens with zero attached hydrogens (tertiary/aromatic N) is 2. The third-order valence-corrected chi connectivity index (χ3v) is 1.68. The average Bonchev–Trinajstić information content (AvgIpc) is 2.87. The fraction of sp³-hybridized carbons (Fsp3) is 0.125. The van der Waals surface area contributed by atoms with Gasteiger partial charge in [0.25, 0.3) is 5.91 Å². The van der Waals surface area contributed by atoms with E-state index in [2.05, 4.69) is 25.2 Å². The van der Waals surface area contributed by atoms with Gasteiger partial charge in [0.2, 0.25) is 0 Å². The molecule has 0 saturated heterocycles. The Hall–Kier alpha value is -2.11. The second-order valence-electron chi connectivity index (χ2n) is 2.67. The van der Waals surface area contributed by atoms with Crippen molar-refractivity contribution >= 4 is 5.91 Å². The van der Waals surface area contributed by atoms with Gasteiger partial charge in [-0.3, -0.25) is 9.89 Å². The van der Waals surface area contributed by atoms with Gasteiger partial charge in [-0.1, -0.05) is 5.16 Å². The van der Waals surface area contributed by atoms with Crippen molar-refractivity contribution in [3.05, 3.63) is 36.0 Å².